The van der Waals surface area contributed by atoms with E-state index in [0.29, 0.717) is 22.8 Å². The van der Waals surface area contributed by atoms with Gasteiger partial charge in [0, 0.05) is 43.3 Å². The monoisotopic (exact) mass is 443 g/mol. The summed E-state index contributed by atoms with van der Waals surface area (Å²) in [6, 6.07) is 9.45. The second-order valence-corrected chi connectivity index (χ2v) is 8.14. The summed E-state index contributed by atoms with van der Waals surface area (Å²) in [7, 11) is 0. The van der Waals surface area contributed by atoms with Crippen LogP contribution in [0, 0.1) is 0 Å². The highest BCUT2D eigenvalue weighted by molar-refractivity contribution is 6.07. The van der Waals surface area contributed by atoms with E-state index in [1.54, 1.807) is 42.6 Å². The number of nitrogens with zero attached hydrogens (tertiary/aromatic N) is 2. The van der Waals surface area contributed by atoms with Gasteiger partial charge in [-0.15, -0.1) is 0 Å². The van der Waals surface area contributed by atoms with Crippen LogP contribution < -0.4 is 16.4 Å². The highest BCUT2D eigenvalue weighted by Crippen LogP contribution is 2.41. The summed E-state index contributed by atoms with van der Waals surface area (Å²) in [4.78, 5) is 42.7. The van der Waals surface area contributed by atoms with Crippen molar-refractivity contribution in [1.29, 1.82) is 0 Å². The number of pyridine rings is 1. The molecule has 2 aliphatic rings. The number of anilines is 3. The lowest BCUT2D eigenvalue weighted by atomic mass is 9.80. The van der Waals surface area contributed by atoms with Crippen molar-refractivity contribution >= 4 is 34.9 Å². The first-order valence-corrected chi connectivity index (χ1v) is 10.3. The smallest absolute Gasteiger partial charge is 0.325 e. The molecule has 0 atom stereocenters. The fourth-order valence-electron chi connectivity index (χ4n) is 4.02. The minimum Gasteiger partial charge on any atom is -0.396 e. The van der Waals surface area contributed by atoms with Crippen molar-refractivity contribution in [2.45, 2.75) is 43.6 Å². The zero-order valence-corrected chi connectivity index (χ0v) is 17.2. The maximum atomic E-state index is 13.5. The molecule has 1 aliphatic heterocycles. The van der Waals surface area contributed by atoms with Crippen LogP contribution in [0.2, 0.25) is 0 Å². The molecule has 1 saturated heterocycles. The number of aromatic nitrogens is 1. The molecule has 8 nitrogen and oxygen atoms in total. The first-order valence-electron chi connectivity index (χ1n) is 10.3. The molecular weight excluding hydrogens is 420 g/mol. The van der Waals surface area contributed by atoms with Gasteiger partial charge in [-0.2, -0.15) is 0 Å². The van der Waals surface area contributed by atoms with Gasteiger partial charge in [0.1, 0.15) is 5.54 Å². The Balaban J connectivity index is 1.35. The normalized spacial score (nSPS) is 19.1. The predicted octanol–water partition coefficient (Wildman–Crippen LogP) is 3.48. The summed E-state index contributed by atoms with van der Waals surface area (Å²) >= 11 is 0. The van der Waals surface area contributed by atoms with E-state index in [-0.39, 0.29) is 31.6 Å². The quantitative estimate of drug-likeness (QED) is 0.465. The topological polar surface area (TPSA) is 117 Å². The van der Waals surface area contributed by atoms with E-state index in [1.165, 1.54) is 0 Å². The lowest BCUT2D eigenvalue weighted by molar-refractivity contribution is -0.135. The van der Waals surface area contributed by atoms with Crippen LogP contribution in [-0.4, -0.2) is 45.6 Å². The number of rotatable bonds is 6. The number of hydrogen-bond donors (Lipinski definition) is 3. The number of imide groups is 1. The average Bonchev–Trinajstić information content (AvgIpc) is 3.00. The molecule has 0 bridgehead atoms. The van der Waals surface area contributed by atoms with E-state index in [1.807, 2.05) is 0 Å². The maximum absolute atomic E-state index is 13.5. The number of amides is 3. The van der Waals surface area contributed by atoms with Gasteiger partial charge in [0.15, 0.2) is 11.6 Å². The van der Waals surface area contributed by atoms with E-state index in [9.17, 15) is 23.2 Å². The van der Waals surface area contributed by atoms with Crippen molar-refractivity contribution in [3.05, 3.63) is 48.2 Å². The van der Waals surface area contributed by atoms with E-state index >= 15 is 0 Å². The number of nitrogens with two attached hydrogens (primary N) is 1. The highest BCUT2D eigenvalue weighted by Gasteiger charge is 2.55. The molecule has 10 heteroatoms. The number of urea groups is 1. The molecular formula is C22H23F2N5O3. The first kappa shape index (κ1) is 21.7. The summed E-state index contributed by atoms with van der Waals surface area (Å²) in [6.45, 7) is -0.105. The molecule has 2 heterocycles. The number of carbonyl (C=O) groups excluding carboxylic acids is 3. The summed E-state index contributed by atoms with van der Waals surface area (Å²) in [5, 5.41) is 5.63. The van der Waals surface area contributed by atoms with Crippen molar-refractivity contribution in [3.63, 3.8) is 0 Å². The standard InChI is InChI=1S/C22H23F2N5O3/c23-22(24)10-8-21(9-11-22)19(31)29(20(32)28-21)13-7-17(30)14-3-5-15(6-4-14)27-18-16(25)2-1-12-26-18/h1-6,12H,7-11,13,25H2,(H,26,27)(H,28,32). The molecule has 1 aliphatic carbocycles. The summed E-state index contributed by atoms with van der Waals surface area (Å²) in [5.41, 5.74) is 6.18. The third kappa shape index (κ3) is 4.25. The Morgan fingerprint density at radius 2 is 1.81 bits per heavy atom. The van der Waals surface area contributed by atoms with Crippen molar-refractivity contribution in [2.75, 3.05) is 17.6 Å². The Hall–Kier alpha value is -3.56. The van der Waals surface area contributed by atoms with Gasteiger partial charge in [-0.3, -0.25) is 14.5 Å². The Bertz CT molecular complexity index is 1050. The van der Waals surface area contributed by atoms with E-state index in [0.717, 1.165) is 4.90 Å². The van der Waals surface area contributed by atoms with Crippen molar-refractivity contribution in [1.82, 2.24) is 15.2 Å². The number of nitrogen functional groups attached to an aromatic ring is 1. The second kappa shape index (κ2) is 8.18. The Morgan fingerprint density at radius 3 is 2.47 bits per heavy atom. The van der Waals surface area contributed by atoms with Gasteiger partial charge < -0.3 is 16.4 Å². The molecule has 2 aromatic rings. The van der Waals surface area contributed by atoms with Gasteiger partial charge in [0.05, 0.1) is 5.69 Å². The number of hydrogen-bond acceptors (Lipinski definition) is 6. The molecule has 2 fully saturated rings. The number of nitrogens with one attached hydrogen (secondary N) is 2. The SMILES string of the molecule is Nc1cccnc1Nc1ccc(C(=O)CCN2C(=O)NC3(CCC(F)(F)CC3)C2=O)cc1. The second-order valence-electron chi connectivity index (χ2n) is 8.14. The summed E-state index contributed by atoms with van der Waals surface area (Å²) in [6.07, 6.45) is 0.432. The minimum absolute atomic E-state index is 0.0641. The molecule has 4 N–H and O–H groups in total. The lowest BCUT2D eigenvalue weighted by Gasteiger charge is -2.34. The largest absolute Gasteiger partial charge is 0.396 e. The van der Waals surface area contributed by atoms with Crippen LogP contribution in [0.1, 0.15) is 42.5 Å². The van der Waals surface area contributed by atoms with Crippen molar-refractivity contribution < 1.29 is 23.2 Å². The number of Topliss-reactive ketones (excluding diaryl/α,β-unsaturated/α-hetero) is 1. The Kier molecular flexibility index (Phi) is 5.53. The van der Waals surface area contributed by atoms with E-state index in [2.05, 4.69) is 15.6 Å². The van der Waals surface area contributed by atoms with Gasteiger partial charge in [0.25, 0.3) is 5.91 Å². The van der Waals surface area contributed by atoms with Crippen molar-refractivity contribution in [3.8, 4) is 0 Å². The number of benzene rings is 1. The summed E-state index contributed by atoms with van der Waals surface area (Å²) in [5.74, 6) is -3.09. The number of alkyl halides is 2. The first-order chi connectivity index (χ1) is 15.2. The van der Waals surface area contributed by atoms with Crippen LogP contribution in [0.5, 0.6) is 0 Å². The van der Waals surface area contributed by atoms with Gasteiger partial charge in [-0.05, 0) is 49.2 Å². The molecule has 1 spiro atoms. The molecule has 4 rings (SSSR count). The number of ketones is 1. The lowest BCUT2D eigenvalue weighted by Crippen LogP contribution is -2.51. The van der Waals surface area contributed by atoms with Crippen LogP contribution >= 0.6 is 0 Å². The van der Waals surface area contributed by atoms with Gasteiger partial charge in [0.2, 0.25) is 5.92 Å². The molecule has 1 aromatic heterocycles. The number of carbonyl (C=O) groups is 3. The number of halogens is 2. The van der Waals surface area contributed by atoms with Crippen LogP contribution in [-0.2, 0) is 4.79 Å². The van der Waals surface area contributed by atoms with Gasteiger partial charge >= 0.3 is 6.03 Å². The molecule has 3 amide bonds. The molecule has 0 unspecified atom stereocenters. The van der Waals surface area contributed by atoms with Crippen LogP contribution in [0.3, 0.4) is 0 Å². The fraction of sp³-hybridized carbons (Fsp3) is 0.364. The molecule has 1 saturated carbocycles. The molecule has 168 valence electrons. The highest BCUT2D eigenvalue weighted by atomic mass is 19.3. The van der Waals surface area contributed by atoms with E-state index < -0.39 is 36.2 Å². The molecule has 0 radical (unpaired) electrons. The third-order valence-electron chi connectivity index (χ3n) is 5.95. The molecule has 1 aromatic carbocycles. The average molecular weight is 443 g/mol. The predicted molar refractivity (Wildman–Crippen MR) is 114 cm³/mol. The van der Waals surface area contributed by atoms with Crippen LogP contribution in [0.15, 0.2) is 42.6 Å². The minimum atomic E-state index is -2.82. The van der Waals surface area contributed by atoms with Crippen LogP contribution in [0.4, 0.5) is 30.8 Å². The fourth-order valence-corrected chi connectivity index (χ4v) is 4.02. The maximum Gasteiger partial charge on any atom is 0.325 e. The van der Waals surface area contributed by atoms with Crippen LogP contribution in [0.25, 0.3) is 0 Å². The van der Waals surface area contributed by atoms with Crippen molar-refractivity contribution in [2.24, 2.45) is 0 Å². The zero-order valence-electron chi connectivity index (χ0n) is 17.2. The van der Waals surface area contributed by atoms with Gasteiger partial charge in [-0.25, -0.2) is 18.6 Å². The third-order valence-corrected chi connectivity index (χ3v) is 5.95. The Morgan fingerprint density at radius 1 is 1.12 bits per heavy atom. The van der Waals surface area contributed by atoms with Gasteiger partial charge in [-0.1, -0.05) is 0 Å². The van der Waals surface area contributed by atoms with E-state index in [4.69, 9.17) is 5.73 Å². The zero-order chi connectivity index (χ0) is 22.9. The summed E-state index contributed by atoms with van der Waals surface area (Å²) < 4.78 is 27.0. The molecule has 32 heavy (non-hydrogen) atoms. The Labute approximate surface area is 183 Å².